The number of thiophene rings is 1. The molecular weight excluding hydrogens is 222 g/mol. The summed E-state index contributed by atoms with van der Waals surface area (Å²) in [5, 5.41) is 11.9. The smallest absolute Gasteiger partial charge is 0.162 e. The van der Waals surface area contributed by atoms with E-state index in [0.717, 1.165) is 4.88 Å². The molecule has 3 N–H and O–H groups in total. The van der Waals surface area contributed by atoms with E-state index in [4.69, 9.17) is 10.5 Å². The Hall–Kier alpha value is -1.52. The van der Waals surface area contributed by atoms with Crippen molar-refractivity contribution in [3.8, 4) is 11.5 Å². The number of phenols is 1. The van der Waals surface area contributed by atoms with Crippen molar-refractivity contribution >= 4 is 11.3 Å². The lowest BCUT2D eigenvalue weighted by atomic mass is 10.0. The predicted octanol–water partition coefficient (Wildman–Crippen LogP) is 2.51. The molecule has 3 nitrogen and oxygen atoms in total. The normalized spacial score (nSPS) is 12.4. The van der Waals surface area contributed by atoms with Gasteiger partial charge >= 0.3 is 0 Å². The summed E-state index contributed by atoms with van der Waals surface area (Å²) in [4.78, 5) is 1.02. The van der Waals surface area contributed by atoms with E-state index in [9.17, 15) is 5.11 Å². The van der Waals surface area contributed by atoms with E-state index in [1.165, 1.54) is 7.11 Å². The summed E-state index contributed by atoms with van der Waals surface area (Å²) >= 11 is 1.57. The van der Waals surface area contributed by atoms with Gasteiger partial charge in [0.05, 0.1) is 13.2 Å². The van der Waals surface area contributed by atoms with Gasteiger partial charge in [-0.05, 0) is 17.5 Å². The molecule has 0 saturated heterocycles. The average molecular weight is 235 g/mol. The number of hydrogen-bond donors (Lipinski definition) is 2. The van der Waals surface area contributed by atoms with E-state index in [2.05, 4.69) is 0 Å². The summed E-state index contributed by atoms with van der Waals surface area (Å²) in [6.07, 6.45) is 0. The van der Waals surface area contributed by atoms with Crippen molar-refractivity contribution in [2.75, 3.05) is 7.11 Å². The van der Waals surface area contributed by atoms with Gasteiger partial charge in [0.2, 0.25) is 0 Å². The van der Waals surface area contributed by atoms with Gasteiger partial charge in [-0.15, -0.1) is 11.3 Å². The molecule has 16 heavy (non-hydrogen) atoms. The Balaban J connectivity index is 2.41. The Morgan fingerprint density at radius 1 is 1.31 bits per heavy atom. The van der Waals surface area contributed by atoms with Crippen molar-refractivity contribution in [1.82, 2.24) is 0 Å². The van der Waals surface area contributed by atoms with E-state index in [-0.39, 0.29) is 11.8 Å². The minimum Gasteiger partial charge on any atom is -0.504 e. The highest BCUT2D eigenvalue weighted by Gasteiger charge is 2.16. The summed E-state index contributed by atoms with van der Waals surface area (Å²) in [5.74, 6) is 0.565. The van der Waals surface area contributed by atoms with Crippen LogP contribution in [-0.4, -0.2) is 12.2 Å². The molecule has 4 heteroatoms. The molecule has 0 amide bonds. The lowest BCUT2D eigenvalue weighted by molar-refractivity contribution is 0.369. The molecule has 2 aromatic rings. The monoisotopic (exact) mass is 235 g/mol. The van der Waals surface area contributed by atoms with Crippen LogP contribution in [0.15, 0.2) is 35.7 Å². The molecule has 84 valence electrons. The fourth-order valence-electron chi connectivity index (χ4n) is 1.58. The summed E-state index contributed by atoms with van der Waals surface area (Å²) in [5.41, 5.74) is 6.76. The number of rotatable bonds is 3. The van der Waals surface area contributed by atoms with Crippen LogP contribution in [0.5, 0.6) is 11.5 Å². The molecule has 0 bridgehead atoms. The quantitative estimate of drug-likeness (QED) is 0.859. The molecule has 1 atom stereocenters. The van der Waals surface area contributed by atoms with Gasteiger partial charge in [-0.25, -0.2) is 0 Å². The first-order valence-electron chi connectivity index (χ1n) is 4.89. The maximum Gasteiger partial charge on any atom is 0.162 e. The van der Waals surface area contributed by atoms with Crippen LogP contribution in [-0.2, 0) is 0 Å². The van der Waals surface area contributed by atoms with Crippen molar-refractivity contribution in [2.24, 2.45) is 5.73 Å². The second kappa shape index (κ2) is 4.55. The van der Waals surface area contributed by atoms with Gasteiger partial charge in [-0.1, -0.05) is 18.2 Å². The zero-order chi connectivity index (χ0) is 11.5. The fourth-order valence-corrected chi connectivity index (χ4v) is 2.32. The first-order chi connectivity index (χ1) is 7.74. The Labute approximate surface area is 98.1 Å². The first kappa shape index (κ1) is 11.0. The Morgan fingerprint density at radius 3 is 2.75 bits per heavy atom. The second-order valence-electron chi connectivity index (χ2n) is 3.39. The Kier molecular flexibility index (Phi) is 3.12. The number of methoxy groups -OCH3 is 1. The van der Waals surface area contributed by atoms with E-state index in [1.807, 2.05) is 29.6 Å². The van der Waals surface area contributed by atoms with Gasteiger partial charge in [0, 0.05) is 10.4 Å². The topological polar surface area (TPSA) is 55.5 Å². The fraction of sp³-hybridized carbons (Fsp3) is 0.167. The van der Waals surface area contributed by atoms with Crippen LogP contribution < -0.4 is 10.5 Å². The molecule has 0 fully saturated rings. The number of benzene rings is 1. The van der Waals surface area contributed by atoms with E-state index in [0.29, 0.717) is 11.3 Å². The van der Waals surface area contributed by atoms with Gasteiger partial charge in [-0.2, -0.15) is 0 Å². The van der Waals surface area contributed by atoms with Crippen LogP contribution >= 0.6 is 11.3 Å². The Bertz CT molecular complexity index is 468. The Morgan fingerprint density at radius 2 is 2.12 bits per heavy atom. The van der Waals surface area contributed by atoms with Gasteiger partial charge in [0.15, 0.2) is 11.5 Å². The molecule has 1 aromatic carbocycles. The predicted molar refractivity (Wildman–Crippen MR) is 65.0 cm³/mol. The highest BCUT2D eigenvalue weighted by atomic mass is 32.1. The lowest BCUT2D eigenvalue weighted by Crippen LogP contribution is -2.10. The standard InChI is InChI=1S/C12H13NO2S/c1-15-9-5-2-4-8(12(9)14)11(13)10-6-3-7-16-10/h2-7,11,14H,13H2,1H3/t11-/m1/s1. The number of phenolic OH excluding ortho intramolecular Hbond substituents is 1. The lowest BCUT2D eigenvalue weighted by Gasteiger charge is -2.13. The molecule has 0 aliphatic heterocycles. The number of aromatic hydroxyl groups is 1. The van der Waals surface area contributed by atoms with Crippen LogP contribution in [0.4, 0.5) is 0 Å². The molecule has 0 aliphatic rings. The SMILES string of the molecule is COc1cccc([C@@H](N)c2cccs2)c1O. The molecule has 0 spiro atoms. The van der Waals surface area contributed by atoms with Crippen LogP contribution in [0.3, 0.4) is 0 Å². The summed E-state index contributed by atoms with van der Waals surface area (Å²) in [6.45, 7) is 0. The maximum absolute atomic E-state index is 9.96. The van der Waals surface area contributed by atoms with E-state index in [1.54, 1.807) is 17.4 Å². The summed E-state index contributed by atoms with van der Waals surface area (Å²) in [6, 6.07) is 8.92. The van der Waals surface area contributed by atoms with Crippen LogP contribution in [0.2, 0.25) is 0 Å². The van der Waals surface area contributed by atoms with Crippen LogP contribution in [0.25, 0.3) is 0 Å². The number of para-hydroxylation sites is 1. The maximum atomic E-state index is 9.96. The molecule has 2 rings (SSSR count). The van der Waals surface area contributed by atoms with Crippen molar-refractivity contribution in [3.63, 3.8) is 0 Å². The zero-order valence-electron chi connectivity index (χ0n) is 8.88. The molecule has 0 aliphatic carbocycles. The van der Waals surface area contributed by atoms with Gasteiger partial charge in [0.25, 0.3) is 0 Å². The first-order valence-corrected chi connectivity index (χ1v) is 5.77. The number of nitrogens with two attached hydrogens (primary N) is 1. The van der Waals surface area contributed by atoms with Crippen molar-refractivity contribution < 1.29 is 9.84 Å². The van der Waals surface area contributed by atoms with Crippen LogP contribution in [0.1, 0.15) is 16.5 Å². The van der Waals surface area contributed by atoms with Crippen molar-refractivity contribution in [3.05, 3.63) is 46.2 Å². The van der Waals surface area contributed by atoms with Gasteiger partial charge in [-0.3, -0.25) is 0 Å². The molecule has 0 unspecified atom stereocenters. The van der Waals surface area contributed by atoms with Gasteiger partial charge in [0.1, 0.15) is 0 Å². The third kappa shape index (κ3) is 1.89. The summed E-state index contributed by atoms with van der Waals surface area (Å²) < 4.78 is 5.05. The summed E-state index contributed by atoms with van der Waals surface area (Å²) in [7, 11) is 1.52. The van der Waals surface area contributed by atoms with E-state index < -0.39 is 0 Å². The third-order valence-electron chi connectivity index (χ3n) is 2.43. The van der Waals surface area contributed by atoms with E-state index >= 15 is 0 Å². The second-order valence-corrected chi connectivity index (χ2v) is 4.37. The number of hydrogen-bond acceptors (Lipinski definition) is 4. The highest BCUT2D eigenvalue weighted by molar-refractivity contribution is 7.10. The van der Waals surface area contributed by atoms with Crippen molar-refractivity contribution in [1.29, 1.82) is 0 Å². The zero-order valence-corrected chi connectivity index (χ0v) is 9.70. The highest BCUT2D eigenvalue weighted by Crippen LogP contribution is 2.35. The molecule has 0 saturated carbocycles. The molecular formula is C12H13NO2S. The minimum absolute atomic E-state index is 0.117. The van der Waals surface area contributed by atoms with Crippen LogP contribution in [0, 0.1) is 0 Å². The molecule has 1 aromatic heterocycles. The molecule has 0 radical (unpaired) electrons. The third-order valence-corrected chi connectivity index (χ3v) is 3.39. The number of ether oxygens (including phenoxy) is 1. The largest absolute Gasteiger partial charge is 0.504 e. The van der Waals surface area contributed by atoms with Crippen molar-refractivity contribution in [2.45, 2.75) is 6.04 Å². The van der Waals surface area contributed by atoms with Gasteiger partial charge < -0.3 is 15.6 Å². The molecule has 1 heterocycles. The minimum atomic E-state index is -0.310. The average Bonchev–Trinajstić information content (AvgIpc) is 2.82.